The predicted octanol–water partition coefficient (Wildman–Crippen LogP) is 3.00. The van der Waals surface area contributed by atoms with Crippen LogP contribution in [0.1, 0.15) is 40.4 Å². The van der Waals surface area contributed by atoms with Crippen LogP contribution in [0.4, 0.5) is 5.69 Å². The normalized spacial score (nSPS) is 16.2. The Morgan fingerprint density at radius 1 is 1.22 bits per heavy atom. The quantitative estimate of drug-likeness (QED) is 0.649. The standard InChI is InChI=1S/C20H21N3O4/c1-14-7-9-15(10-8-14)18-6-3-11-22(18)19(24)13-21-20(25)16-4-2-5-17(12-16)23(26)27/h2,4-5,7-10,12,18H,3,6,11,13H2,1H3,(H,21,25). The van der Waals surface area contributed by atoms with Crippen molar-refractivity contribution in [1.29, 1.82) is 0 Å². The van der Waals surface area contributed by atoms with E-state index in [0.717, 1.165) is 18.4 Å². The number of nitrogens with one attached hydrogen (secondary N) is 1. The molecule has 1 saturated heterocycles. The average Bonchev–Trinajstić information content (AvgIpc) is 3.16. The number of carbonyl (C=O) groups is 2. The highest BCUT2D eigenvalue weighted by atomic mass is 16.6. The fourth-order valence-electron chi connectivity index (χ4n) is 3.32. The molecule has 0 spiro atoms. The summed E-state index contributed by atoms with van der Waals surface area (Å²) < 4.78 is 0. The van der Waals surface area contributed by atoms with Crippen LogP contribution in [0, 0.1) is 17.0 Å². The highest BCUT2D eigenvalue weighted by Crippen LogP contribution is 2.31. The number of hydrogen-bond acceptors (Lipinski definition) is 4. The molecule has 7 heteroatoms. The maximum atomic E-state index is 12.6. The molecule has 0 aromatic heterocycles. The lowest BCUT2D eigenvalue weighted by Gasteiger charge is -2.25. The van der Waals surface area contributed by atoms with Crippen LogP contribution in [0.25, 0.3) is 0 Å². The first-order chi connectivity index (χ1) is 13.0. The van der Waals surface area contributed by atoms with Crippen molar-refractivity contribution in [2.75, 3.05) is 13.1 Å². The van der Waals surface area contributed by atoms with E-state index in [-0.39, 0.29) is 29.7 Å². The molecule has 7 nitrogen and oxygen atoms in total. The lowest BCUT2D eigenvalue weighted by molar-refractivity contribution is -0.384. The Morgan fingerprint density at radius 3 is 2.67 bits per heavy atom. The van der Waals surface area contributed by atoms with Gasteiger partial charge in [-0.3, -0.25) is 19.7 Å². The summed E-state index contributed by atoms with van der Waals surface area (Å²) in [4.78, 5) is 36.9. The summed E-state index contributed by atoms with van der Waals surface area (Å²) >= 11 is 0. The number of carbonyl (C=O) groups excluding carboxylic acids is 2. The lowest BCUT2D eigenvalue weighted by Crippen LogP contribution is -2.39. The zero-order chi connectivity index (χ0) is 19.4. The van der Waals surface area contributed by atoms with Gasteiger partial charge in [-0.2, -0.15) is 0 Å². The fraction of sp³-hybridized carbons (Fsp3) is 0.300. The van der Waals surface area contributed by atoms with E-state index in [1.165, 1.54) is 29.8 Å². The van der Waals surface area contributed by atoms with Crippen LogP contribution < -0.4 is 5.32 Å². The van der Waals surface area contributed by atoms with Crippen LogP contribution in [0.15, 0.2) is 48.5 Å². The topological polar surface area (TPSA) is 92.6 Å². The van der Waals surface area contributed by atoms with Gasteiger partial charge in [0.1, 0.15) is 0 Å². The fourth-order valence-corrected chi connectivity index (χ4v) is 3.32. The maximum absolute atomic E-state index is 12.6. The van der Waals surface area contributed by atoms with E-state index >= 15 is 0 Å². The molecule has 3 rings (SSSR count). The molecule has 1 unspecified atom stereocenters. The molecule has 27 heavy (non-hydrogen) atoms. The number of likely N-dealkylation sites (tertiary alicyclic amines) is 1. The van der Waals surface area contributed by atoms with E-state index in [0.29, 0.717) is 6.54 Å². The van der Waals surface area contributed by atoms with Crippen molar-refractivity contribution in [2.24, 2.45) is 0 Å². The number of non-ortho nitro benzene ring substituents is 1. The Labute approximate surface area is 157 Å². The van der Waals surface area contributed by atoms with Gasteiger partial charge in [-0.05, 0) is 31.4 Å². The highest BCUT2D eigenvalue weighted by molar-refractivity contribution is 5.97. The van der Waals surface area contributed by atoms with E-state index < -0.39 is 10.8 Å². The molecule has 1 fully saturated rings. The Kier molecular flexibility index (Phi) is 5.49. The Balaban J connectivity index is 1.63. The third-order valence-electron chi connectivity index (χ3n) is 4.75. The predicted molar refractivity (Wildman–Crippen MR) is 100 cm³/mol. The molecule has 1 aliphatic rings. The third-order valence-corrected chi connectivity index (χ3v) is 4.75. The first-order valence-electron chi connectivity index (χ1n) is 8.84. The number of nitro groups is 1. The second-order valence-corrected chi connectivity index (χ2v) is 6.65. The zero-order valence-corrected chi connectivity index (χ0v) is 15.1. The van der Waals surface area contributed by atoms with Gasteiger partial charge in [0.2, 0.25) is 5.91 Å². The molecule has 2 aromatic carbocycles. The number of amides is 2. The summed E-state index contributed by atoms with van der Waals surface area (Å²) in [5, 5.41) is 13.4. The number of benzene rings is 2. The number of hydrogen-bond donors (Lipinski definition) is 1. The summed E-state index contributed by atoms with van der Waals surface area (Å²) in [7, 11) is 0. The minimum atomic E-state index is -0.557. The van der Waals surface area contributed by atoms with E-state index in [4.69, 9.17) is 0 Å². The Morgan fingerprint density at radius 2 is 1.96 bits per heavy atom. The molecule has 2 aromatic rings. The number of nitrogens with zero attached hydrogens (tertiary/aromatic N) is 2. The number of rotatable bonds is 5. The van der Waals surface area contributed by atoms with Gasteiger partial charge in [-0.15, -0.1) is 0 Å². The van der Waals surface area contributed by atoms with E-state index in [9.17, 15) is 19.7 Å². The van der Waals surface area contributed by atoms with Crippen LogP contribution in [0.3, 0.4) is 0 Å². The molecule has 0 saturated carbocycles. The van der Waals surface area contributed by atoms with Crippen LogP contribution >= 0.6 is 0 Å². The van der Waals surface area contributed by atoms with Gasteiger partial charge < -0.3 is 10.2 Å². The van der Waals surface area contributed by atoms with Gasteiger partial charge in [-0.1, -0.05) is 35.9 Å². The van der Waals surface area contributed by atoms with Crippen molar-refractivity contribution in [3.05, 3.63) is 75.3 Å². The van der Waals surface area contributed by atoms with Crippen molar-refractivity contribution in [3.8, 4) is 0 Å². The van der Waals surface area contributed by atoms with Gasteiger partial charge >= 0.3 is 0 Å². The molecule has 0 bridgehead atoms. The molecule has 1 N–H and O–H groups in total. The molecule has 0 radical (unpaired) electrons. The largest absolute Gasteiger partial charge is 0.343 e. The Bertz CT molecular complexity index is 864. The van der Waals surface area contributed by atoms with Crippen molar-refractivity contribution in [2.45, 2.75) is 25.8 Å². The van der Waals surface area contributed by atoms with Gasteiger partial charge in [0, 0.05) is 24.2 Å². The average molecular weight is 367 g/mol. The number of nitro benzene ring substituents is 1. The monoisotopic (exact) mass is 367 g/mol. The summed E-state index contributed by atoms with van der Waals surface area (Å²) in [6.45, 7) is 2.54. The first kappa shape index (κ1) is 18.6. The zero-order valence-electron chi connectivity index (χ0n) is 15.1. The second kappa shape index (κ2) is 7.99. The third kappa shape index (κ3) is 4.31. The van der Waals surface area contributed by atoms with Gasteiger partial charge in [0.15, 0.2) is 0 Å². The second-order valence-electron chi connectivity index (χ2n) is 6.65. The Hall–Kier alpha value is -3.22. The van der Waals surface area contributed by atoms with Crippen LogP contribution in [-0.4, -0.2) is 34.7 Å². The first-order valence-corrected chi connectivity index (χ1v) is 8.84. The van der Waals surface area contributed by atoms with Crippen LogP contribution in [-0.2, 0) is 4.79 Å². The number of aryl methyl sites for hydroxylation is 1. The summed E-state index contributed by atoms with van der Waals surface area (Å²) in [5.74, 6) is -0.657. The maximum Gasteiger partial charge on any atom is 0.270 e. The van der Waals surface area contributed by atoms with Crippen LogP contribution in [0.2, 0.25) is 0 Å². The molecule has 2 amide bonds. The summed E-state index contributed by atoms with van der Waals surface area (Å²) in [5.41, 5.74) is 2.26. The van der Waals surface area contributed by atoms with Crippen molar-refractivity contribution >= 4 is 17.5 Å². The minimum Gasteiger partial charge on any atom is -0.343 e. The molecule has 140 valence electrons. The van der Waals surface area contributed by atoms with Crippen LogP contribution in [0.5, 0.6) is 0 Å². The van der Waals surface area contributed by atoms with Gasteiger partial charge in [0.25, 0.3) is 11.6 Å². The molecule has 1 heterocycles. The lowest BCUT2D eigenvalue weighted by atomic mass is 10.0. The molecule has 1 atom stereocenters. The van der Waals surface area contributed by atoms with E-state index in [1.54, 1.807) is 4.90 Å². The van der Waals surface area contributed by atoms with Gasteiger partial charge in [-0.25, -0.2) is 0 Å². The molecular formula is C20H21N3O4. The van der Waals surface area contributed by atoms with E-state index in [1.807, 2.05) is 31.2 Å². The van der Waals surface area contributed by atoms with Crippen molar-refractivity contribution < 1.29 is 14.5 Å². The smallest absolute Gasteiger partial charge is 0.270 e. The molecule has 0 aliphatic carbocycles. The SMILES string of the molecule is Cc1ccc(C2CCCN2C(=O)CNC(=O)c2cccc([N+](=O)[O-])c2)cc1. The highest BCUT2D eigenvalue weighted by Gasteiger charge is 2.29. The minimum absolute atomic E-state index is 0.0211. The van der Waals surface area contributed by atoms with Crippen molar-refractivity contribution in [1.82, 2.24) is 10.2 Å². The van der Waals surface area contributed by atoms with Crippen molar-refractivity contribution in [3.63, 3.8) is 0 Å². The van der Waals surface area contributed by atoms with Gasteiger partial charge in [0.05, 0.1) is 17.5 Å². The summed E-state index contributed by atoms with van der Waals surface area (Å²) in [6, 6.07) is 13.6. The molecular weight excluding hydrogens is 346 g/mol. The summed E-state index contributed by atoms with van der Waals surface area (Å²) in [6.07, 6.45) is 1.82. The molecule has 1 aliphatic heterocycles. The van der Waals surface area contributed by atoms with E-state index in [2.05, 4.69) is 5.32 Å².